The number of ether oxygens (including phenoxy) is 3. The van der Waals surface area contributed by atoms with Crippen LogP contribution in [0.3, 0.4) is 0 Å². The zero-order chi connectivity index (χ0) is 34.4. The number of rotatable bonds is 8. The van der Waals surface area contributed by atoms with Gasteiger partial charge in [-0.25, -0.2) is 19.6 Å². The van der Waals surface area contributed by atoms with Gasteiger partial charge in [0.05, 0.1) is 43.1 Å². The lowest BCUT2D eigenvalue weighted by Gasteiger charge is -2.46. The van der Waals surface area contributed by atoms with Crippen LogP contribution in [0.2, 0.25) is 0 Å². The van der Waals surface area contributed by atoms with Gasteiger partial charge in [0.25, 0.3) is 0 Å². The van der Waals surface area contributed by atoms with Crippen molar-refractivity contribution >= 4 is 23.8 Å². The lowest BCUT2D eigenvalue weighted by atomic mass is 9.70. The molecule has 0 radical (unpaired) electrons. The van der Waals surface area contributed by atoms with Crippen LogP contribution in [-0.2, 0) is 22.2 Å². The third-order valence-electron chi connectivity index (χ3n) is 9.20. The van der Waals surface area contributed by atoms with E-state index >= 15 is 0 Å². The Morgan fingerprint density at radius 2 is 1.81 bits per heavy atom. The van der Waals surface area contributed by atoms with E-state index in [1.165, 1.54) is 18.9 Å². The summed E-state index contributed by atoms with van der Waals surface area (Å²) < 4.78 is 57.8. The quantitative estimate of drug-likeness (QED) is 0.104. The summed E-state index contributed by atoms with van der Waals surface area (Å²) in [5.74, 6) is 0.134. The summed E-state index contributed by atoms with van der Waals surface area (Å²) in [4.78, 5) is 36.7. The maximum Gasteiger partial charge on any atom is 0.416 e. The molecule has 250 valence electrons. The van der Waals surface area contributed by atoms with Crippen LogP contribution in [0.5, 0.6) is 5.75 Å². The number of cyclic esters (lactones) is 1. The summed E-state index contributed by atoms with van der Waals surface area (Å²) in [6.07, 6.45) is -0.489. The number of esters is 1. The first-order valence-corrected chi connectivity index (χ1v) is 16.6. The summed E-state index contributed by atoms with van der Waals surface area (Å²) >= 11 is 1.35. The molecular weight excluding hydrogens is 643 g/mol. The number of aromatic nitrogens is 2. The first-order chi connectivity index (χ1) is 22.9. The van der Waals surface area contributed by atoms with E-state index in [0.717, 1.165) is 35.2 Å². The molecule has 4 aromatic rings. The number of aryl methyl sites for hydroxylation is 2. The Balaban J connectivity index is 1.41. The Labute approximate surface area is 280 Å². The molecule has 48 heavy (non-hydrogen) atoms. The van der Waals surface area contributed by atoms with Crippen molar-refractivity contribution in [1.29, 1.82) is 0 Å². The topological polar surface area (TPSA) is 90.9 Å². The van der Waals surface area contributed by atoms with E-state index in [2.05, 4.69) is 4.98 Å². The molecule has 1 saturated carbocycles. The van der Waals surface area contributed by atoms with Crippen LogP contribution in [0.25, 0.3) is 22.3 Å². The van der Waals surface area contributed by atoms with Crippen molar-refractivity contribution in [3.63, 3.8) is 0 Å². The molecule has 1 atom stereocenters. The van der Waals surface area contributed by atoms with E-state index < -0.39 is 35.4 Å². The van der Waals surface area contributed by atoms with Crippen LogP contribution in [0.1, 0.15) is 63.7 Å². The van der Waals surface area contributed by atoms with E-state index in [0.29, 0.717) is 57.3 Å². The normalized spacial score (nSPS) is 16.9. The van der Waals surface area contributed by atoms with Crippen LogP contribution in [-0.4, -0.2) is 52.9 Å². The van der Waals surface area contributed by atoms with Gasteiger partial charge in [-0.05, 0) is 98.0 Å². The number of hydrogen-bond acceptors (Lipinski definition) is 8. The molecule has 1 aromatic heterocycles. The van der Waals surface area contributed by atoms with Crippen molar-refractivity contribution in [3.8, 4) is 28.0 Å². The van der Waals surface area contributed by atoms with Crippen molar-refractivity contribution < 1.29 is 37.0 Å². The second-order valence-electron chi connectivity index (χ2n) is 12.1. The fraction of sp³-hybridized carbons (Fsp3) is 0.333. The number of alkyl halides is 3. The molecule has 0 unspecified atom stereocenters. The van der Waals surface area contributed by atoms with Gasteiger partial charge in [0, 0.05) is 17.3 Å². The third kappa shape index (κ3) is 5.98. The van der Waals surface area contributed by atoms with Crippen molar-refractivity contribution in [3.05, 3.63) is 94.3 Å². The number of amides is 1. The summed E-state index contributed by atoms with van der Waals surface area (Å²) in [6, 6.07) is 14.9. The molecule has 2 heterocycles. The van der Waals surface area contributed by atoms with Crippen molar-refractivity contribution in [2.75, 3.05) is 20.5 Å². The number of carbonyl (C=O) groups excluding carboxylic acids is 2. The number of methoxy groups -OCH3 is 2. The van der Waals surface area contributed by atoms with Gasteiger partial charge >= 0.3 is 18.2 Å². The van der Waals surface area contributed by atoms with Gasteiger partial charge in [0.1, 0.15) is 5.75 Å². The first-order valence-electron chi connectivity index (χ1n) is 15.3. The lowest BCUT2D eigenvalue weighted by Crippen LogP contribution is -2.53. The number of benzene rings is 3. The van der Waals surface area contributed by atoms with Crippen LogP contribution >= 0.6 is 11.8 Å². The summed E-state index contributed by atoms with van der Waals surface area (Å²) in [6.45, 7) is 3.57. The Morgan fingerprint density at radius 3 is 2.44 bits per heavy atom. The van der Waals surface area contributed by atoms with Gasteiger partial charge in [-0.1, -0.05) is 35.5 Å². The van der Waals surface area contributed by atoms with E-state index in [1.807, 2.05) is 37.4 Å². The van der Waals surface area contributed by atoms with Gasteiger partial charge in [-0.15, -0.1) is 0 Å². The van der Waals surface area contributed by atoms with Gasteiger partial charge < -0.3 is 14.2 Å². The average molecular weight is 678 g/mol. The average Bonchev–Trinajstić information content (AvgIpc) is 3.35. The van der Waals surface area contributed by atoms with E-state index in [9.17, 15) is 22.8 Å². The molecule has 2 aliphatic rings. The molecule has 12 heteroatoms. The van der Waals surface area contributed by atoms with Gasteiger partial charge in [-0.3, -0.25) is 4.90 Å². The fourth-order valence-corrected chi connectivity index (χ4v) is 7.07. The highest BCUT2D eigenvalue weighted by Gasteiger charge is 2.59. The maximum atomic E-state index is 13.8. The second kappa shape index (κ2) is 12.8. The second-order valence-corrected chi connectivity index (χ2v) is 12.9. The predicted octanol–water partition coefficient (Wildman–Crippen LogP) is 8.58. The highest BCUT2D eigenvalue weighted by Crippen LogP contribution is 2.54. The zero-order valence-corrected chi connectivity index (χ0v) is 27.9. The number of thioether (sulfide) groups is 1. The molecular formula is C36H34F3N3O5S. The largest absolute Gasteiger partial charge is 0.496 e. The van der Waals surface area contributed by atoms with E-state index in [-0.39, 0.29) is 6.54 Å². The fourth-order valence-electron chi connectivity index (χ4n) is 6.71. The predicted molar refractivity (Wildman–Crippen MR) is 175 cm³/mol. The SMILES string of the molecule is COC(=O)c1ccc(-c2ccc(OC)c(-c3cnc(SC)nc3CN3C(=O)O[C@H](c4cc(C)cc(C(F)(F)F)c4)C34CCC4)c2)c(C)c1. The molecule has 8 nitrogen and oxygen atoms in total. The third-order valence-corrected chi connectivity index (χ3v) is 9.76. The molecule has 6 rings (SSSR count). The monoisotopic (exact) mass is 677 g/mol. The van der Waals surface area contributed by atoms with Crippen molar-refractivity contribution in [1.82, 2.24) is 14.9 Å². The number of carbonyl (C=O) groups is 2. The van der Waals surface area contributed by atoms with E-state index in [4.69, 9.17) is 19.2 Å². The summed E-state index contributed by atoms with van der Waals surface area (Å²) in [7, 11) is 2.90. The molecule has 0 N–H and O–H groups in total. The number of halogens is 3. The molecule has 1 aliphatic carbocycles. The Kier molecular flexibility index (Phi) is 8.88. The lowest BCUT2D eigenvalue weighted by molar-refractivity contribution is -0.137. The Hall–Kier alpha value is -4.58. The number of nitrogens with zero attached hydrogens (tertiary/aromatic N) is 3. The summed E-state index contributed by atoms with van der Waals surface area (Å²) in [5, 5.41) is 0.499. The van der Waals surface area contributed by atoms with Gasteiger partial charge in [0.2, 0.25) is 0 Å². The smallest absolute Gasteiger partial charge is 0.416 e. The molecule has 2 fully saturated rings. The highest BCUT2D eigenvalue weighted by atomic mass is 32.2. The molecule has 3 aromatic carbocycles. The van der Waals surface area contributed by atoms with Crippen molar-refractivity contribution in [2.24, 2.45) is 0 Å². The minimum absolute atomic E-state index is 0.0545. The van der Waals surface area contributed by atoms with Crippen LogP contribution in [0, 0.1) is 13.8 Å². The Bertz CT molecular complexity index is 1910. The maximum absolute atomic E-state index is 13.8. The van der Waals surface area contributed by atoms with Crippen LogP contribution < -0.4 is 4.74 Å². The summed E-state index contributed by atoms with van der Waals surface area (Å²) in [5.41, 5.74) is 4.11. The number of hydrogen-bond donors (Lipinski definition) is 0. The highest BCUT2D eigenvalue weighted by molar-refractivity contribution is 7.98. The zero-order valence-electron chi connectivity index (χ0n) is 27.1. The Morgan fingerprint density at radius 1 is 1.04 bits per heavy atom. The van der Waals surface area contributed by atoms with Crippen LogP contribution in [0.15, 0.2) is 66.0 Å². The van der Waals surface area contributed by atoms with E-state index in [1.54, 1.807) is 43.3 Å². The first kappa shape index (κ1) is 33.3. The van der Waals surface area contributed by atoms with Crippen molar-refractivity contribution in [2.45, 2.75) is 62.6 Å². The molecule has 1 spiro atoms. The standard InChI is InChI=1S/C36H34F3N3O5S/c1-20-13-24(16-25(14-20)36(37,38)39)31-35(11-6-12-35)42(34(44)47-31)19-29-28(18-40-33(41-29)48-5)27-17-22(8-10-30(27)45-3)26-9-7-23(15-21(26)2)32(43)46-4/h7-10,13-18,31H,6,11-12,19H2,1-5H3/t31-/m1/s1. The van der Waals surface area contributed by atoms with Crippen LogP contribution in [0.4, 0.5) is 18.0 Å². The minimum Gasteiger partial charge on any atom is -0.496 e. The van der Waals surface area contributed by atoms with Gasteiger partial charge in [0.15, 0.2) is 11.3 Å². The van der Waals surface area contributed by atoms with Gasteiger partial charge in [-0.2, -0.15) is 13.2 Å². The molecule has 0 bridgehead atoms. The molecule has 1 aliphatic heterocycles. The molecule has 1 amide bonds. The minimum atomic E-state index is -4.53. The molecule has 1 saturated heterocycles.